The minimum atomic E-state index is -3.92. The number of carboxylic acids is 1. The number of hydrogen-bond donors (Lipinski definition) is 5. The van der Waals surface area contributed by atoms with Crippen LogP contribution in [-0.2, 0) is 19.6 Å². The molecular weight excluding hydrogens is 374 g/mol. The number of sulfonamides is 1. The number of nitrogens with two attached hydrogens (primary N) is 2. The van der Waals surface area contributed by atoms with Crippen LogP contribution in [-0.4, -0.2) is 44.9 Å². The Morgan fingerprint density at radius 1 is 1.22 bits per heavy atom. The molecule has 0 radical (unpaired) electrons. The van der Waals surface area contributed by atoms with E-state index < -0.39 is 34.0 Å². The average Bonchev–Trinajstić information content (AvgIpc) is 2.56. The van der Waals surface area contributed by atoms with Gasteiger partial charge in [-0.25, -0.2) is 8.42 Å². The number of rotatable bonds is 10. The van der Waals surface area contributed by atoms with E-state index in [1.165, 1.54) is 19.1 Å². The Labute approximate surface area is 158 Å². The molecule has 0 aromatic heterocycles. The second-order valence-corrected chi connectivity index (χ2v) is 7.77. The largest absolute Gasteiger partial charge is 0.548 e. The molecule has 150 valence electrons. The fourth-order valence-electron chi connectivity index (χ4n) is 2.16. The van der Waals surface area contributed by atoms with Crippen molar-refractivity contribution in [2.24, 2.45) is 11.5 Å². The Balaban J connectivity index is 2.68. The lowest BCUT2D eigenvalue weighted by molar-refractivity contribution is -0.459. The van der Waals surface area contributed by atoms with Gasteiger partial charge in [-0.1, -0.05) is 17.7 Å². The second-order valence-electron chi connectivity index (χ2n) is 6.06. The minimum Gasteiger partial charge on any atom is -0.548 e. The molecule has 11 heteroatoms. The molecule has 0 aliphatic rings. The van der Waals surface area contributed by atoms with E-state index in [9.17, 15) is 23.1 Å². The first kappa shape index (κ1) is 22.4. The number of hydrogen-bond acceptors (Lipinski definition) is 5. The molecule has 7 N–H and O–H groups in total. The van der Waals surface area contributed by atoms with Crippen molar-refractivity contribution in [1.29, 1.82) is 0 Å². The van der Waals surface area contributed by atoms with Gasteiger partial charge >= 0.3 is 5.96 Å². The molecule has 0 saturated carbocycles. The lowest BCUT2D eigenvalue weighted by atomic mass is 10.1. The number of carboxylic acid groups (broad SMARTS) is 1. The summed E-state index contributed by atoms with van der Waals surface area (Å²) < 4.78 is 26.8. The zero-order valence-electron chi connectivity index (χ0n) is 15.2. The molecule has 1 rings (SSSR count). The molecular formula is C16H25N5O5S. The van der Waals surface area contributed by atoms with E-state index in [4.69, 9.17) is 11.5 Å². The van der Waals surface area contributed by atoms with Crippen molar-refractivity contribution >= 4 is 27.9 Å². The summed E-state index contributed by atoms with van der Waals surface area (Å²) in [5.74, 6) is -2.25. The summed E-state index contributed by atoms with van der Waals surface area (Å²) in [6.45, 7) is 3.45. The Morgan fingerprint density at radius 2 is 1.81 bits per heavy atom. The zero-order chi connectivity index (χ0) is 20.6. The van der Waals surface area contributed by atoms with Crippen LogP contribution in [0.1, 0.15) is 25.3 Å². The summed E-state index contributed by atoms with van der Waals surface area (Å²) >= 11 is 0. The van der Waals surface area contributed by atoms with E-state index >= 15 is 0 Å². The van der Waals surface area contributed by atoms with Gasteiger partial charge in [0.05, 0.1) is 29.5 Å². The van der Waals surface area contributed by atoms with E-state index in [0.29, 0.717) is 13.0 Å². The van der Waals surface area contributed by atoms with Crippen molar-refractivity contribution in [3.63, 3.8) is 0 Å². The van der Waals surface area contributed by atoms with Crippen LogP contribution >= 0.6 is 0 Å². The van der Waals surface area contributed by atoms with Crippen LogP contribution < -0.4 is 31.6 Å². The number of carbonyl (C=O) groups excluding carboxylic acids is 2. The number of aryl methyl sites for hydroxylation is 1. The van der Waals surface area contributed by atoms with Crippen LogP contribution in [0.2, 0.25) is 0 Å². The maximum absolute atomic E-state index is 12.3. The van der Waals surface area contributed by atoms with Crippen molar-refractivity contribution in [2.45, 2.75) is 43.7 Å². The standard InChI is InChI=1S/C16H25N5O5S/c1-10-5-7-12(8-6-10)27(25,26)21-11(2)14(22)20-13(15(23)24)4-3-9-19-16(17)18/h5-8,11,13,21H,3-4,9H2,1-2H3,(H,20,22)(H,23,24)(H4,17,18,19)/t11-,13+/m0/s1. The van der Waals surface area contributed by atoms with Crippen LogP contribution in [0.5, 0.6) is 0 Å². The maximum Gasteiger partial charge on any atom is 0.338 e. The first-order valence-corrected chi connectivity index (χ1v) is 9.73. The summed E-state index contributed by atoms with van der Waals surface area (Å²) in [6, 6.07) is 3.64. The minimum absolute atomic E-state index is 0.00294. The van der Waals surface area contributed by atoms with E-state index in [1.54, 1.807) is 12.1 Å². The molecule has 0 fully saturated rings. The third kappa shape index (κ3) is 7.62. The highest BCUT2D eigenvalue weighted by molar-refractivity contribution is 7.89. The Morgan fingerprint density at radius 3 is 2.33 bits per heavy atom. The normalized spacial score (nSPS) is 13.4. The molecule has 0 spiro atoms. The van der Waals surface area contributed by atoms with Crippen molar-refractivity contribution in [2.75, 3.05) is 6.54 Å². The SMILES string of the molecule is Cc1ccc(S(=O)(=O)N[C@@H](C)C(=O)N[C@H](CCC[NH+]=C(N)N)C(=O)[O-])cc1. The average molecular weight is 399 g/mol. The third-order valence-corrected chi connectivity index (χ3v) is 5.21. The highest BCUT2D eigenvalue weighted by atomic mass is 32.2. The smallest absolute Gasteiger partial charge is 0.338 e. The summed E-state index contributed by atoms with van der Waals surface area (Å²) in [5.41, 5.74) is 11.3. The number of guanidine groups is 1. The summed E-state index contributed by atoms with van der Waals surface area (Å²) in [4.78, 5) is 26.0. The van der Waals surface area contributed by atoms with Gasteiger partial charge in [-0.3, -0.25) is 21.3 Å². The summed E-state index contributed by atoms with van der Waals surface area (Å²) in [5, 5.41) is 13.4. The molecule has 1 aromatic rings. The summed E-state index contributed by atoms with van der Waals surface area (Å²) in [6.07, 6.45) is 0.409. The van der Waals surface area contributed by atoms with Gasteiger partial charge < -0.3 is 15.2 Å². The van der Waals surface area contributed by atoms with Gasteiger partial charge in [0.15, 0.2) is 0 Å². The third-order valence-electron chi connectivity index (χ3n) is 3.66. The number of aliphatic carboxylic acids is 1. The molecule has 0 aliphatic carbocycles. The first-order chi connectivity index (χ1) is 12.5. The van der Waals surface area contributed by atoms with E-state index in [2.05, 4.69) is 15.0 Å². The predicted octanol–water partition coefficient (Wildman–Crippen LogP) is -3.97. The van der Waals surface area contributed by atoms with Crippen LogP contribution in [0, 0.1) is 6.92 Å². The lowest BCUT2D eigenvalue weighted by Gasteiger charge is -2.22. The fraction of sp³-hybridized carbons (Fsp3) is 0.438. The van der Waals surface area contributed by atoms with E-state index in [1.807, 2.05) is 6.92 Å². The van der Waals surface area contributed by atoms with Gasteiger partial charge in [0.2, 0.25) is 15.9 Å². The Hall–Kier alpha value is -2.66. The van der Waals surface area contributed by atoms with E-state index in [-0.39, 0.29) is 17.3 Å². The summed E-state index contributed by atoms with van der Waals surface area (Å²) in [7, 11) is -3.92. The number of carbonyl (C=O) groups is 2. The molecule has 1 amide bonds. The van der Waals surface area contributed by atoms with Crippen molar-refractivity contribution in [3.05, 3.63) is 29.8 Å². The quantitative estimate of drug-likeness (QED) is 0.151. The van der Waals surface area contributed by atoms with Gasteiger partial charge in [-0.2, -0.15) is 4.72 Å². The molecule has 1 aromatic carbocycles. The molecule has 0 bridgehead atoms. The molecule has 27 heavy (non-hydrogen) atoms. The molecule has 0 saturated heterocycles. The fourth-order valence-corrected chi connectivity index (χ4v) is 3.36. The lowest BCUT2D eigenvalue weighted by Crippen LogP contribution is -2.78. The zero-order valence-corrected chi connectivity index (χ0v) is 16.0. The van der Waals surface area contributed by atoms with Crippen molar-refractivity contribution in [1.82, 2.24) is 10.0 Å². The molecule has 0 aliphatic heterocycles. The van der Waals surface area contributed by atoms with Crippen molar-refractivity contribution in [3.8, 4) is 0 Å². The molecule has 0 unspecified atom stereocenters. The molecule has 10 nitrogen and oxygen atoms in total. The second kappa shape index (κ2) is 9.88. The van der Waals surface area contributed by atoms with Gasteiger partial charge in [0.25, 0.3) is 0 Å². The number of amides is 1. The van der Waals surface area contributed by atoms with Crippen LogP contribution in [0.25, 0.3) is 0 Å². The predicted molar refractivity (Wildman–Crippen MR) is 96.3 cm³/mol. The van der Waals surface area contributed by atoms with Gasteiger partial charge in [0, 0.05) is 0 Å². The van der Waals surface area contributed by atoms with E-state index in [0.717, 1.165) is 5.56 Å². The number of nitrogens with one attached hydrogen (secondary N) is 3. The number of benzene rings is 1. The van der Waals surface area contributed by atoms with Gasteiger partial charge in [-0.05, 0) is 38.8 Å². The maximum atomic E-state index is 12.3. The highest BCUT2D eigenvalue weighted by Crippen LogP contribution is 2.10. The van der Waals surface area contributed by atoms with Crippen LogP contribution in [0.15, 0.2) is 29.2 Å². The monoisotopic (exact) mass is 399 g/mol. The van der Waals surface area contributed by atoms with Crippen molar-refractivity contribution < 1.29 is 28.1 Å². The highest BCUT2D eigenvalue weighted by Gasteiger charge is 2.24. The van der Waals surface area contributed by atoms with Crippen LogP contribution in [0.4, 0.5) is 0 Å². The van der Waals surface area contributed by atoms with Gasteiger partial charge in [0.1, 0.15) is 0 Å². The Bertz CT molecular complexity index is 788. The first-order valence-electron chi connectivity index (χ1n) is 8.25. The van der Waals surface area contributed by atoms with Gasteiger partial charge in [-0.15, -0.1) is 0 Å². The molecule has 2 atom stereocenters. The Kier molecular flexibility index (Phi) is 8.19. The molecule has 0 heterocycles. The topological polar surface area (TPSA) is 181 Å². The van der Waals surface area contributed by atoms with Crippen LogP contribution in [0.3, 0.4) is 0 Å².